The standard InChI is InChI=1S/C16H22N2O3/c1-18(12-5-3-2-4-6-12)10-14(19)11-7-8-13-15(9-11)21-16(20)17-13/h7-9,12,14,19H,2-6,10H2,1H3,(H,17,20). The topological polar surface area (TPSA) is 69.5 Å². The van der Waals surface area contributed by atoms with E-state index >= 15 is 0 Å². The van der Waals surface area contributed by atoms with E-state index in [1.807, 2.05) is 6.07 Å². The molecule has 1 saturated carbocycles. The summed E-state index contributed by atoms with van der Waals surface area (Å²) >= 11 is 0. The molecule has 1 aromatic carbocycles. The quantitative estimate of drug-likeness (QED) is 0.907. The fourth-order valence-electron chi connectivity index (χ4n) is 3.22. The molecule has 0 amide bonds. The fourth-order valence-corrected chi connectivity index (χ4v) is 3.22. The van der Waals surface area contributed by atoms with Gasteiger partial charge in [0.05, 0.1) is 11.6 Å². The number of aromatic amines is 1. The van der Waals surface area contributed by atoms with E-state index in [9.17, 15) is 9.90 Å². The monoisotopic (exact) mass is 290 g/mol. The fraction of sp³-hybridized carbons (Fsp3) is 0.562. The van der Waals surface area contributed by atoms with Gasteiger partial charge in [-0.15, -0.1) is 0 Å². The molecule has 0 bridgehead atoms. The first-order valence-corrected chi connectivity index (χ1v) is 7.64. The van der Waals surface area contributed by atoms with Gasteiger partial charge in [-0.25, -0.2) is 4.79 Å². The first-order chi connectivity index (χ1) is 10.1. The van der Waals surface area contributed by atoms with Crippen LogP contribution in [-0.4, -0.2) is 34.6 Å². The van der Waals surface area contributed by atoms with E-state index in [2.05, 4.69) is 16.9 Å². The number of likely N-dealkylation sites (N-methyl/N-ethyl adjacent to an activating group) is 1. The van der Waals surface area contributed by atoms with Crippen molar-refractivity contribution >= 4 is 11.1 Å². The van der Waals surface area contributed by atoms with Crippen LogP contribution in [-0.2, 0) is 0 Å². The van der Waals surface area contributed by atoms with E-state index in [-0.39, 0.29) is 0 Å². The molecule has 1 aromatic heterocycles. The maximum absolute atomic E-state index is 11.2. The van der Waals surface area contributed by atoms with Crippen LogP contribution in [0.15, 0.2) is 27.4 Å². The zero-order chi connectivity index (χ0) is 14.8. The Kier molecular flexibility index (Phi) is 4.12. The molecule has 0 radical (unpaired) electrons. The summed E-state index contributed by atoms with van der Waals surface area (Å²) in [6.45, 7) is 0.602. The zero-order valence-corrected chi connectivity index (χ0v) is 12.3. The molecular formula is C16H22N2O3. The van der Waals surface area contributed by atoms with Crippen LogP contribution >= 0.6 is 0 Å². The molecule has 1 aliphatic carbocycles. The number of aromatic nitrogens is 1. The first kappa shape index (κ1) is 14.4. The van der Waals surface area contributed by atoms with E-state index in [0.717, 1.165) is 5.56 Å². The van der Waals surface area contributed by atoms with Crippen LogP contribution in [0.3, 0.4) is 0 Å². The van der Waals surface area contributed by atoms with Crippen molar-refractivity contribution in [3.05, 3.63) is 34.3 Å². The van der Waals surface area contributed by atoms with Gasteiger partial charge in [-0.3, -0.25) is 4.98 Å². The summed E-state index contributed by atoms with van der Waals surface area (Å²) in [5.41, 5.74) is 1.95. The van der Waals surface area contributed by atoms with E-state index in [0.29, 0.717) is 23.7 Å². The predicted octanol–water partition coefficient (Wildman–Crippen LogP) is 2.42. The average Bonchev–Trinajstić information content (AvgIpc) is 2.87. The lowest BCUT2D eigenvalue weighted by molar-refractivity contribution is 0.0914. The molecule has 0 aliphatic heterocycles. The lowest BCUT2D eigenvalue weighted by Crippen LogP contribution is -2.36. The Morgan fingerprint density at radius 1 is 1.38 bits per heavy atom. The van der Waals surface area contributed by atoms with Gasteiger partial charge in [-0.2, -0.15) is 0 Å². The highest BCUT2D eigenvalue weighted by atomic mass is 16.4. The van der Waals surface area contributed by atoms with Crippen LogP contribution in [0.4, 0.5) is 0 Å². The van der Waals surface area contributed by atoms with Crippen molar-refractivity contribution in [1.82, 2.24) is 9.88 Å². The molecule has 1 heterocycles. The highest BCUT2D eigenvalue weighted by molar-refractivity contribution is 5.72. The summed E-state index contributed by atoms with van der Waals surface area (Å²) in [5, 5.41) is 10.4. The largest absolute Gasteiger partial charge is 0.417 e. The summed E-state index contributed by atoms with van der Waals surface area (Å²) in [6, 6.07) is 5.93. The number of rotatable bonds is 4. The number of oxazole rings is 1. The number of benzene rings is 1. The molecule has 1 unspecified atom stereocenters. The lowest BCUT2D eigenvalue weighted by atomic mass is 9.94. The molecule has 21 heavy (non-hydrogen) atoms. The maximum Gasteiger partial charge on any atom is 0.417 e. The number of H-pyrrole nitrogens is 1. The van der Waals surface area contributed by atoms with E-state index in [4.69, 9.17) is 4.42 Å². The van der Waals surface area contributed by atoms with Crippen molar-refractivity contribution in [3.8, 4) is 0 Å². The smallest absolute Gasteiger partial charge is 0.408 e. The van der Waals surface area contributed by atoms with Crippen molar-refractivity contribution in [3.63, 3.8) is 0 Å². The Morgan fingerprint density at radius 3 is 2.90 bits per heavy atom. The Hall–Kier alpha value is -1.59. The number of hydrogen-bond donors (Lipinski definition) is 2. The minimum absolute atomic E-state index is 0.462. The van der Waals surface area contributed by atoms with Crippen molar-refractivity contribution < 1.29 is 9.52 Å². The van der Waals surface area contributed by atoms with Gasteiger partial charge in [0.2, 0.25) is 0 Å². The molecule has 0 saturated heterocycles. The Labute approximate surface area is 123 Å². The normalized spacial score (nSPS) is 18.4. The van der Waals surface area contributed by atoms with Crippen LogP contribution in [0, 0.1) is 0 Å². The summed E-state index contributed by atoms with van der Waals surface area (Å²) in [4.78, 5) is 16.0. The van der Waals surface area contributed by atoms with Gasteiger partial charge in [-0.05, 0) is 37.6 Å². The Morgan fingerprint density at radius 2 is 2.14 bits per heavy atom. The highest BCUT2D eigenvalue weighted by Crippen LogP contribution is 2.24. The summed E-state index contributed by atoms with van der Waals surface area (Å²) in [6.07, 6.45) is 5.76. The molecular weight excluding hydrogens is 268 g/mol. The molecule has 2 N–H and O–H groups in total. The van der Waals surface area contributed by atoms with Crippen LogP contribution in [0.5, 0.6) is 0 Å². The van der Waals surface area contributed by atoms with Crippen molar-refractivity contribution in [2.24, 2.45) is 0 Å². The van der Waals surface area contributed by atoms with Gasteiger partial charge >= 0.3 is 5.76 Å². The summed E-state index contributed by atoms with van der Waals surface area (Å²) < 4.78 is 5.04. The molecule has 5 nitrogen and oxygen atoms in total. The molecule has 0 spiro atoms. The van der Waals surface area contributed by atoms with Crippen LogP contribution in [0.2, 0.25) is 0 Å². The second kappa shape index (κ2) is 6.03. The van der Waals surface area contributed by atoms with Gasteiger partial charge in [0.25, 0.3) is 0 Å². The maximum atomic E-state index is 11.2. The van der Waals surface area contributed by atoms with Crippen molar-refractivity contribution in [1.29, 1.82) is 0 Å². The minimum atomic E-state index is -0.568. The third-order valence-corrected chi connectivity index (χ3v) is 4.49. The Bertz CT molecular complexity index is 655. The lowest BCUT2D eigenvalue weighted by Gasteiger charge is -2.32. The molecule has 1 aliphatic rings. The van der Waals surface area contributed by atoms with Gasteiger partial charge in [0, 0.05) is 12.6 Å². The minimum Gasteiger partial charge on any atom is -0.408 e. The number of aliphatic hydroxyl groups excluding tert-OH is 1. The van der Waals surface area contributed by atoms with E-state index < -0.39 is 11.9 Å². The molecule has 2 aromatic rings. The first-order valence-electron chi connectivity index (χ1n) is 7.64. The van der Waals surface area contributed by atoms with Crippen LogP contribution < -0.4 is 5.76 Å². The van der Waals surface area contributed by atoms with Gasteiger partial charge in [-0.1, -0.05) is 25.3 Å². The average molecular weight is 290 g/mol. The molecule has 1 fully saturated rings. The Balaban J connectivity index is 1.70. The second-order valence-electron chi connectivity index (χ2n) is 6.02. The van der Waals surface area contributed by atoms with Crippen LogP contribution in [0.1, 0.15) is 43.8 Å². The highest BCUT2D eigenvalue weighted by Gasteiger charge is 2.21. The SMILES string of the molecule is CN(CC(O)c1ccc2[nH]c(=O)oc2c1)C1CCCCC1. The van der Waals surface area contributed by atoms with E-state index in [1.54, 1.807) is 12.1 Å². The van der Waals surface area contributed by atoms with E-state index in [1.165, 1.54) is 32.1 Å². The number of nitrogens with one attached hydrogen (secondary N) is 1. The predicted molar refractivity (Wildman–Crippen MR) is 81.3 cm³/mol. The van der Waals surface area contributed by atoms with Crippen LogP contribution in [0.25, 0.3) is 11.1 Å². The molecule has 1 atom stereocenters. The van der Waals surface area contributed by atoms with Gasteiger partial charge < -0.3 is 14.4 Å². The third kappa shape index (κ3) is 3.19. The zero-order valence-electron chi connectivity index (χ0n) is 12.3. The van der Waals surface area contributed by atoms with Gasteiger partial charge in [0.15, 0.2) is 5.58 Å². The summed E-state index contributed by atoms with van der Waals surface area (Å²) in [5.74, 6) is -0.462. The number of nitrogens with zero attached hydrogens (tertiary/aromatic N) is 1. The third-order valence-electron chi connectivity index (χ3n) is 4.49. The molecule has 114 valence electrons. The molecule has 5 heteroatoms. The van der Waals surface area contributed by atoms with Gasteiger partial charge in [0.1, 0.15) is 0 Å². The second-order valence-corrected chi connectivity index (χ2v) is 6.02. The summed E-state index contributed by atoms with van der Waals surface area (Å²) in [7, 11) is 2.08. The van der Waals surface area contributed by atoms with Crippen molar-refractivity contribution in [2.75, 3.05) is 13.6 Å². The van der Waals surface area contributed by atoms with Crippen molar-refractivity contribution in [2.45, 2.75) is 44.2 Å². The number of aliphatic hydroxyl groups is 1. The number of hydrogen-bond acceptors (Lipinski definition) is 4. The number of fused-ring (bicyclic) bond motifs is 1. The molecule has 3 rings (SSSR count).